The van der Waals surface area contributed by atoms with Crippen LogP contribution in [0.1, 0.15) is 58.4 Å². The summed E-state index contributed by atoms with van der Waals surface area (Å²) < 4.78 is 0. The molecule has 1 N–H and O–H groups in total. The molecule has 1 aromatic rings. The third-order valence-corrected chi connectivity index (χ3v) is 4.49. The Morgan fingerprint density at radius 1 is 1.25 bits per heavy atom. The van der Waals surface area contributed by atoms with Gasteiger partial charge < -0.3 is 10.2 Å². The molecule has 112 valence electrons. The van der Waals surface area contributed by atoms with Crippen molar-refractivity contribution in [2.75, 3.05) is 18.0 Å². The van der Waals surface area contributed by atoms with Crippen molar-refractivity contribution in [2.24, 2.45) is 0 Å². The fourth-order valence-corrected chi connectivity index (χ4v) is 3.00. The van der Waals surface area contributed by atoms with Gasteiger partial charge >= 0.3 is 0 Å². The van der Waals surface area contributed by atoms with Gasteiger partial charge in [0, 0.05) is 30.9 Å². The van der Waals surface area contributed by atoms with Crippen LogP contribution in [0, 0.1) is 0 Å². The van der Waals surface area contributed by atoms with Gasteiger partial charge in [-0.05, 0) is 49.8 Å². The van der Waals surface area contributed by atoms with Gasteiger partial charge in [-0.25, -0.2) is 0 Å². The second-order valence-corrected chi connectivity index (χ2v) is 6.49. The molecule has 0 aliphatic carbocycles. The van der Waals surface area contributed by atoms with Crippen LogP contribution in [-0.4, -0.2) is 25.2 Å². The summed E-state index contributed by atoms with van der Waals surface area (Å²) in [4.78, 5) is 2.58. The molecule has 1 aliphatic heterocycles. The van der Waals surface area contributed by atoms with Crippen LogP contribution in [0.5, 0.6) is 0 Å². The predicted octanol–water partition coefficient (Wildman–Crippen LogP) is 4.17. The van der Waals surface area contributed by atoms with Gasteiger partial charge in [0.2, 0.25) is 0 Å². The Kier molecular flexibility index (Phi) is 5.47. The van der Waals surface area contributed by atoms with Crippen molar-refractivity contribution < 1.29 is 0 Å². The molecular formula is C18H30N2. The lowest BCUT2D eigenvalue weighted by Gasteiger charge is -2.33. The molecule has 2 unspecified atom stereocenters. The quantitative estimate of drug-likeness (QED) is 0.890. The van der Waals surface area contributed by atoms with Crippen LogP contribution < -0.4 is 10.2 Å². The fourth-order valence-electron chi connectivity index (χ4n) is 3.00. The Morgan fingerprint density at radius 2 is 2.00 bits per heavy atom. The average molecular weight is 274 g/mol. The molecule has 2 heteroatoms. The van der Waals surface area contributed by atoms with E-state index in [1.165, 1.54) is 37.1 Å². The Hall–Kier alpha value is -1.02. The lowest BCUT2D eigenvalue weighted by atomic mass is 10.0. The molecule has 2 atom stereocenters. The van der Waals surface area contributed by atoms with Crippen LogP contribution >= 0.6 is 0 Å². The van der Waals surface area contributed by atoms with Crippen molar-refractivity contribution in [2.45, 2.75) is 65.0 Å². The van der Waals surface area contributed by atoms with Gasteiger partial charge in [0.15, 0.2) is 0 Å². The SMILES string of the molecule is CCC1CCN(c2cccc(C(C)C)c2)CCC(C)N1. The second kappa shape index (κ2) is 7.12. The lowest BCUT2D eigenvalue weighted by molar-refractivity contribution is 0.378. The molecule has 20 heavy (non-hydrogen) atoms. The maximum atomic E-state index is 3.74. The predicted molar refractivity (Wildman–Crippen MR) is 88.7 cm³/mol. The van der Waals surface area contributed by atoms with E-state index in [9.17, 15) is 0 Å². The van der Waals surface area contributed by atoms with E-state index in [0.717, 1.165) is 6.54 Å². The number of nitrogens with zero attached hydrogens (tertiary/aromatic N) is 1. The number of nitrogens with one attached hydrogen (secondary N) is 1. The summed E-state index contributed by atoms with van der Waals surface area (Å²) in [6.07, 6.45) is 3.69. The average Bonchev–Trinajstić information content (AvgIpc) is 2.43. The monoisotopic (exact) mass is 274 g/mol. The van der Waals surface area contributed by atoms with Crippen molar-refractivity contribution in [1.29, 1.82) is 0 Å². The highest BCUT2D eigenvalue weighted by molar-refractivity contribution is 5.49. The van der Waals surface area contributed by atoms with Crippen molar-refractivity contribution >= 4 is 5.69 Å². The van der Waals surface area contributed by atoms with E-state index in [1.54, 1.807) is 0 Å². The molecular weight excluding hydrogens is 244 g/mol. The van der Waals surface area contributed by atoms with Crippen LogP contribution in [0.15, 0.2) is 24.3 Å². The Labute approximate surface area is 124 Å². The minimum Gasteiger partial charge on any atom is -0.371 e. The smallest absolute Gasteiger partial charge is 0.0369 e. The first-order valence-electron chi connectivity index (χ1n) is 8.21. The number of hydrogen-bond acceptors (Lipinski definition) is 2. The highest BCUT2D eigenvalue weighted by Crippen LogP contribution is 2.23. The van der Waals surface area contributed by atoms with Crippen LogP contribution in [0.4, 0.5) is 5.69 Å². The van der Waals surface area contributed by atoms with Crippen molar-refractivity contribution in [3.8, 4) is 0 Å². The topological polar surface area (TPSA) is 15.3 Å². The third kappa shape index (κ3) is 3.99. The van der Waals surface area contributed by atoms with E-state index in [1.807, 2.05) is 0 Å². The molecule has 2 rings (SSSR count). The van der Waals surface area contributed by atoms with Gasteiger partial charge in [0.25, 0.3) is 0 Å². The number of benzene rings is 1. The van der Waals surface area contributed by atoms with E-state index in [4.69, 9.17) is 0 Å². The minimum absolute atomic E-state index is 0.605. The molecule has 2 nitrogen and oxygen atoms in total. The normalized spacial score (nSPS) is 24.6. The second-order valence-electron chi connectivity index (χ2n) is 6.49. The highest BCUT2D eigenvalue weighted by Gasteiger charge is 2.18. The van der Waals surface area contributed by atoms with E-state index < -0.39 is 0 Å². The first-order valence-corrected chi connectivity index (χ1v) is 8.21. The summed E-state index contributed by atoms with van der Waals surface area (Å²) in [7, 11) is 0. The van der Waals surface area contributed by atoms with Gasteiger partial charge in [0.1, 0.15) is 0 Å². The highest BCUT2D eigenvalue weighted by atomic mass is 15.1. The zero-order chi connectivity index (χ0) is 14.5. The molecule has 0 amide bonds. The molecule has 1 aromatic carbocycles. The summed E-state index contributed by atoms with van der Waals surface area (Å²) in [6.45, 7) is 11.5. The summed E-state index contributed by atoms with van der Waals surface area (Å²) >= 11 is 0. The third-order valence-electron chi connectivity index (χ3n) is 4.49. The van der Waals surface area contributed by atoms with Crippen LogP contribution in [0.3, 0.4) is 0 Å². The molecule has 1 saturated heterocycles. The number of anilines is 1. The standard InChI is InChI=1S/C18H30N2/c1-5-17-10-12-20(11-9-15(4)19-17)18-8-6-7-16(13-18)14(2)3/h6-8,13-15,17,19H,5,9-12H2,1-4H3. The van der Waals surface area contributed by atoms with Crippen LogP contribution in [0.25, 0.3) is 0 Å². The molecule has 0 bridgehead atoms. The fraction of sp³-hybridized carbons (Fsp3) is 0.667. The lowest BCUT2D eigenvalue weighted by Crippen LogP contribution is -2.44. The molecule has 0 spiro atoms. The van der Waals surface area contributed by atoms with Gasteiger partial charge in [-0.3, -0.25) is 0 Å². The molecule has 0 radical (unpaired) electrons. The maximum Gasteiger partial charge on any atom is 0.0369 e. The maximum absolute atomic E-state index is 3.74. The molecule has 0 saturated carbocycles. The Morgan fingerprint density at radius 3 is 2.70 bits per heavy atom. The molecule has 0 aromatic heterocycles. The number of rotatable bonds is 3. The molecule has 1 fully saturated rings. The number of hydrogen-bond donors (Lipinski definition) is 1. The van der Waals surface area contributed by atoms with Crippen LogP contribution in [0.2, 0.25) is 0 Å². The summed E-state index contributed by atoms with van der Waals surface area (Å²) in [5.74, 6) is 0.605. The summed E-state index contributed by atoms with van der Waals surface area (Å²) in [5.41, 5.74) is 2.85. The molecule has 1 aliphatic rings. The van der Waals surface area contributed by atoms with Gasteiger partial charge in [-0.1, -0.05) is 32.9 Å². The molecule has 1 heterocycles. The zero-order valence-electron chi connectivity index (χ0n) is 13.5. The van der Waals surface area contributed by atoms with E-state index >= 15 is 0 Å². The van der Waals surface area contributed by atoms with Crippen LogP contribution in [-0.2, 0) is 0 Å². The van der Waals surface area contributed by atoms with E-state index in [0.29, 0.717) is 18.0 Å². The van der Waals surface area contributed by atoms with Crippen molar-refractivity contribution in [3.05, 3.63) is 29.8 Å². The first-order chi connectivity index (χ1) is 9.60. The van der Waals surface area contributed by atoms with E-state index in [2.05, 4.69) is 62.2 Å². The van der Waals surface area contributed by atoms with Gasteiger partial charge in [-0.15, -0.1) is 0 Å². The zero-order valence-corrected chi connectivity index (χ0v) is 13.5. The first kappa shape index (κ1) is 15.4. The van der Waals surface area contributed by atoms with Crippen molar-refractivity contribution in [1.82, 2.24) is 5.32 Å². The summed E-state index contributed by atoms with van der Waals surface area (Å²) in [6, 6.07) is 10.4. The van der Waals surface area contributed by atoms with E-state index in [-0.39, 0.29) is 0 Å². The van der Waals surface area contributed by atoms with Crippen molar-refractivity contribution in [3.63, 3.8) is 0 Å². The largest absolute Gasteiger partial charge is 0.371 e. The minimum atomic E-state index is 0.605. The van der Waals surface area contributed by atoms with Gasteiger partial charge in [-0.2, -0.15) is 0 Å². The van der Waals surface area contributed by atoms with Gasteiger partial charge in [0.05, 0.1) is 0 Å². The summed E-state index contributed by atoms with van der Waals surface area (Å²) in [5, 5.41) is 3.74. The Bertz CT molecular complexity index is 414. The Balaban J connectivity index is 2.12.